The maximum Gasteiger partial charge on any atom is 0.332 e. The second kappa shape index (κ2) is 16.3. The fraction of sp³-hybridized carbons (Fsp3) is 0.875. The van der Waals surface area contributed by atoms with Gasteiger partial charge in [-0.2, -0.15) is 0 Å². The molecule has 27 heavy (non-hydrogen) atoms. The van der Waals surface area contributed by atoms with Crippen molar-refractivity contribution in [3.05, 3.63) is 0 Å². The van der Waals surface area contributed by atoms with Crippen LogP contribution in [-0.2, 0) is 23.2 Å². The molecule has 0 bridgehead atoms. The molecular weight excluding hydrogens is 397 g/mol. The maximum atomic E-state index is 12.3. The molecule has 1 amide bonds. The lowest BCUT2D eigenvalue weighted by Crippen LogP contribution is -2.52. The molecule has 1 heterocycles. The van der Waals surface area contributed by atoms with Crippen molar-refractivity contribution >= 4 is 31.9 Å². The molecule has 9 nitrogen and oxygen atoms in total. The molecule has 0 spiro atoms. The molecular formula is C16H35ClN3O6P. The zero-order valence-electron chi connectivity index (χ0n) is 16.5. The third-order valence-corrected chi connectivity index (χ3v) is 5.71. The molecule has 1 atom stereocenters. The van der Waals surface area contributed by atoms with Crippen LogP contribution >= 0.6 is 20.0 Å². The van der Waals surface area contributed by atoms with Crippen molar-refractivity contribution in [2.24, 2.45) is 5.73 Å². The molecule has 1 rings (SSSR count). The highest BCUT2D eigenvalue weighted by Crippen LogP contribution is 2.48. The summed E-state index contributed by atoms with van der Waals surface area (Å²) in [6.45, 7) is 8.74. The Morgan fingerprint density at radius 3 is 2.07 bits per heavy atom. The molecule has 0 aromatic carbocycles. The highest BCUT2D eigenvalue weighted by atomic mass is 35.5. The molecule has 1 saturated heterocycles. The van der Waals surface area contributed by atoms with Crippen molar-refractivity contribution in [2.75, 3.05) is 45.6 Å². The molecule has 0 aromatic heterocycles. The lowest BCUT2D eigenvalue weighted by molar-refractivity contribution is -0.137. The van der Waals surface area contributed by atoms with Crippen LogP contribution in [0.2, 0.25) is 0 Å². The third kappa shape index (κ3) is 13.2. The van der Waals surface area contributed by atoms with E-state index in [9.17, 15) is 14.2 Å². The number of carbonyl (C=O) groups is 2. The molecule has 0 aromatic rings. The van der Waals surface area contributed by atoms with Crippen molar-refractivity contribution < 1.29 is 28.3 Å². The van der Waals surface area contributed by atoms with Gasteiger partial charge in [0.1, 0.15) is 0 Å². The maximum absolute atomic E-state index is 12.3. The van der Waals surface area contributed by atoms with Crippen LogP contribution in [0.4, 0.5) is 0 Å². The van der Waals surface area contributed by atoms with Crippen LogP contribution < -0.4 is 11.1 Å². The highest BCUT2D eigenvalue weighted by molar-refractivity contribution is 7.53. The number of carboxylic acid groups (broad SMARTS) is 1. The van der Waals surface area contributed by atoms with E-state index >= 15 is 0 Å². The lowest BCUT2D eigenvalue weighted by atomic mass is 10.2. The molecule has 162 valence electrons. The van der Waals surface area contributed by atoms with E-state index in [1.165, 1.54) is 0 Å². The van der Waals surface area contributed by atoms with Gasteiger partial charge in [-0.15, -0.1) is 12.4 Å². The Morgan fingerprint density at radius 1 is 1.19 bits per heavy atom. The number of amides is 1. The number of aliphatic carboxylic acids is 1. The van der Waals surface area contributed by atoms with Crippen molar-refractivity contribution in [3.63, 3.8) is 0 Å². The average molecular weight is 432 g/mol. The van der Waals surface area contributed by atoms with Gasteiger partial charge in [0.2, 0.25) is 5.91 Å². The smallest absolute Gasteiger partial charge is 0.332 e. The number of nitrogens with two attached hydrogens (primary N) is 1. The summed E-state index contributed by atoms with van der Waals surface area (Å²) >= 11 is 0. The van der Waals surface area contributed by atoms with Crippen LogP contribution in [0.25, 0.3) is 0 Å². The number of carboxylic acids is 1. The van der Waals surface area contributed by atoms with E-state index in [1.54, 1.807) is 18.7 Å². The van der Waals surface area contributed by atoms with E-state index in [0.29, 0.717) is 19.5 Å². The lowest BCUT2D eigenvalue weighted by Gasteiger charge is -2.30. The van der Waals surface area contributed by atoms with Crippen molar-refractivity contribution in [3.8, 4) is 0 Å². The monoisotopic (exact) mass is 431 g/mol. The second-order valence-corrected chi connectivity index (χ2v) is 7.91. The first-order chi connectivity index (χ1) is 12.3. The Morgan fingerprint density at radius 2 is 1.70 bits per heavy atom. The Kier molecular flexibility index (Phi) is 17.2. The van der Waals surface area contributed by atoms with E-state index in [1.807, 2.05) is 6.92 Å². The summed E-state index contributed by atoms with van der Waals surface area (Å²) in [5, 5.41) is 11.2. The predicted molar refractivity (Wildman–Crippen MR) is 108 cm³/mol. The third-order valence-electron chi connectivity index (χ3n) is 3.56. The number of carbonyl (C=O) groups excluding carboxylic acids is 1. The van der Waals surface area contributed by atoms with Gasteiger partial charge in [-0.05, 0) is 20.3 Å². The SMILES string of the molecule is CCCCC(=O)O.CCOP(=O)(CC(N)C(=O)N1CCNCC1)OCC.Cl. The first-order valence-electron chi connectivity index (χ1n) is 9.14. The molecule has 4 N–H and O–H groups in total. The Balaban J connectivity index is 0. The Bertz CT molecular complexity index is 453. The van der Waals surface area contributed by atoms with Crippen molar-refractivity contribution in [1.82, 2.24) is 10.2 Å². The van der Waals surface area contributed by atoms with Gasteiger partial charge in [0.05, 0.1) is 25.4 Å². The molecule has 1 fully saturated rings. The van der Waals surface area contributed by atoms with Gasteiger partial charge in [-0.3, -0.25) is 14.2 Å². The quantitative estimate of drug-likeness (QED) is 0.445. The fourth-order valence-electron chi connectivity index (χ4n) is 2.30. The number of hydrogen-bond acceptors (Lipinski definition) is 7. The van der Waals surface area contributed by atoms with Gasteiger partial charge >= 0.3 is 13.6 Å². The number of piperazine rings is 1. The number of nitrogens with one attached hydrogen (secondary N) is 1. The number of hydrogen-bond donors (Lipinski definition) is 3. The van der Waals surface area contributed by atoms with E-state index in [-0.39, 0.29) is 37.7 Å². The summed E-state index contributed by atoms with van der Waals surface area (Å²) in [7, 11) is -3.27. The number of nitrogens with zero attached hydrogens (tertiary/aromatic N) is 1. The largest absolute Gasteiger partial charge is 0.481 e. The molecule has 11 heteroatoms. The van der Waals surface area contributed by atoms with E-state index in [2.05, 4.69) is 5.32 Å². The molecule has 0 radical (unpaired) electrons. The molecule has 0 aliphatic carbocycles. The number of halogens is 1. The van der Waals surface area contributed by atoms with Gasteiger partial charge in [-0.25, -0.2) is 0 Å². The normalized spacial score (nSPS) is 15.2. The van der Waals surface area contributed by atoms with Crippen molar-refractivity contribution in [1.29, 1.82) is 0 Å². The minimum absolute atomic E-state index is 0. The topological polar surface area (TPSA) is 131 Å². The van der Waals surface area contributed by atoms with Crippen LogP contribution in [0.1, 0.15) is 40.0 Å². The van der Waals surface area contributed by atoms with E-state index < -0.39 is 19.6 Å². The summed E-state index contributed by atoms with van der Waals surface area (Å²) in [4.78, 5) is 23.6. The van der Waals surface area contributed by atoms with E-state index in [4.69, 9.17) is 19.9 Å². The minimum Gasteiger partial charge on any atom is -0.481 e. The summed E-state index contributed by atoms with van der Waals surface area (Å²) in [6.07, 6.45) is 2.01. The predicted octanol–water partition coefficient (Wildman–Crippen LogP) is 1.69. The fourth-order valence-corrected chi connectivity index (χ4v) is 4.01. The molecule has 1 unspecified atom stereocenters. The van der Waals surface area contributed by atoms with Crippen LogP contribution in [0.5, 0.6) is 0 Å². The van der Waals surface area contributed by atoms with Gasteiger partial charge in [0.15, 0.2) is 0 Å². The Labute approximate surface area is 168 Å². The van der Waals surface area contributed by atoms with Crippen LogP contribution in [0.3, 0.4) is 0 Å². The molecule has 1 aliphatic rings. The summed E-state index contributed by atoms with van der Waals surface area (Å²) in [6, 6.07) is -0.845. The standard InChI is InChI=1S/C11H24N3O4P.C5H10O2.ClH/c1-3-17-19(16,18-4-2)9-10(12)11(15)14-7-5-13-6-8-14;1-2-3-4-5(6)7;/h10,13H,3-9,12H2,1-2H3;2-4H2,1H3,(H,6,7);1H. The molecule has 0 saturated carbocycles. The van der Waals surface area contributed by atoms with Crippen LogP contribution in [-0.4, -0.2) is 73.5 Å². The second-order valence-electron chi connectivity index (χ2n) is 5.81. The van der Waals surface area contributed by atoms with Crippen LogP contribution in [0, 0.1) is 0 Å². The van der Waals surface area contributed by atoms with Crippen molar-refractivity contribution in [2.45, 2.75) is 46.1 Å². The van der Waals surface area contributed by atoms with Gasteiger partial charge in [-0.1, -0.05) is 13.3 Å². The molecule has 1 aliphatic heterocycles. The first-order valence-corrected chi connectivity index (χ1v) is 10.9. The van der Waals surface area contributed by atoms with Gasteiger partial charge in [0, 0.05) is 32.6 Å². The number of unbranched alkanes of at least 4 members (excludes halogenated alkanes) is 1. The van der Waals surface area contributed by atoms with Crippen LogP contribution in [0.15, 0.2) is 0 Å². The summed E-state index contributed by atoms with van der Waals surface area (Å²) < 4.78 is 22.6. The zero-order chi connectivity index (χ0) is 20.0. The average Bonchev–Trinajstić information content (AvgIpc) is 2.60. The van der Waals surface area contributed by atoms with E-state index in [0.717, 1.165) is 25.9 Å². The minimum atomic E-state index is -3.27. The Hall–Kier alpha value is -0.700. The summed E-state index contributed by atoms with van der Waals surface area (Å²) in [5.41, 5.74) is 5.85. The van der Waals surface area contributed by atoms with Gasteiger partial charge in [0.25, 0.3) is 0 Å². The zero-order valence-corrected chi connectivity index (χ0v) is 18.2. The summed E-state index contributed by atoms with van der Waals surface area (Å²) in [5.74, 6) is -0.886. The van der Waals surface area contributed by atoms with Gasteiger partial charge < -0.3 is 30.1 Å². The first kappa shape index (κ1) is 28.5. The highest BCUT2D eigenvalue weighted by Gasteiger charge is 2.32. The number of rotatable bonds is 10.